The van der Waals surface area contributed by atoms with Crippen LogP contribution in [0.1, 0.15) is 69.9 Å². The zero-order chi connectivity index (χ0) is 20.7. The molecule has 2 aromatic rings. The maximum absolute atomic E-state index is 2.67. The van der Waals surface area contributed by atoms with Gasteiger partial charge in [-0.2, -0.15) is 0 Å². The van der Waals surface area contributed by atoms with Gasteiger partial charge in [-0.05, 0) is 0 Å². The van der Waals surface area contributed by atoms with Crippen LogP contribution in [0.4, 0.5) is 0 Å². The summed E-state index contributed by atoms with van der Waals surface area (Å²) < 4.78 is 3.54. The van der Waals surface area contributed by atoms with Crippen molar-refractivity contribution >= 4 is 65.2 Å². The third-order valence-corrected chi connectivity index (χ3v) is 27.7. The topological polar surface area (TPSA) is 0 Å². The Hall–Kier alpha value is 0.997. The van der Waals surface area contributed by atoms with Crippen LogP contribution in [0.25, 0.3) is 9.75 Å². The van der Waals surface area contributed by atoms with Crippen LogP contribution in [0.3, 0.4) is 0 Å². The van der Waals surface area contributed by atoms with Gasteiger partial charge in [0.25, 0.3) is 0 Å². The van der Waals surface area contributed by atoms with Gasteiger partial charge in [-0.3, -0.25) is 0 Å². The van der Waals surface area contributed by atoms with Crippen molar-refractivity contribution in [3.05, 3.63) is 23.3 Å². The van der Waals surface area contributed by atoms with Crippen LogP contribution in [0.15, 0.2) is 12.1 Å². The second-order valence-electron chi connectivity index (χ2n) is 11.1. The summed E-state index contributed by atoms with van der Waals surface area (Å²) in [4.78, 5) is 18.8. The Balaban J connectivity index is 1.93. The predicted molar refractivity (Wildman–Crippen MR) is 138 cm³/mol. The fourth-order valence-electron chi connectivity index (χ4n) is 4.35. The standard InChI is InChI=1S/C18H22S2.6CH3.2Sn/c1-3-4-5-6-7-8-11-18(2)14-9-12-19-16(14)17-15(18)10-13-20-17;;;;;;;;/h9-10H,3-8,11H2,1-2H3;6*1H3;;. The van der Waals surface area contributed by atoms with Gasteiger partial charge in [0.15, 0.2) is 0 Å². The van der Waals surface area contributed by atoms with Gasteiger partial charge in [0.05, 0.1) is 0 Å². The molecule has 0 atom stereocenters. The molecule has 0 aromatic carbocycles. The summed E-state index contributed by atoms with van der Waals surface area (Å²) in [6.07, 6.45) is 9.72. The Morgan fingerprint density at radius 1 is 0.714 bits per heavy atom. The molecule has 0 amide bonds. The van der Waals surface area contributed by atoms with E-state index in [-0.39, 0.29) is 5.41 Å². The Labute approximate surface area is 190 Å². The zero-order valence-corrected chi connectivity index (χ0v) is 26.8. The van der Waals surface area contributed by atoms with Crippen LogP contribution >= 0.6 is 22.7 Å². The molecule has 2 heterocycles. The molecule has 156 valence electrons. The van der Waals surface area contributed by atoms with E-state index in [1.165, 1.54) is 44.9 Å². The third-order valence-electron chi connectivity index (χ3n) is 6.37. The summed E-state index contributed by atoms with van der Waals surface area (Å²) in [6, 6.07) is 5.33. The van der Waals surface area contributed by atoms with Crippen LogP contribution in [-0.2, 0) is 5.41 Å². The first-order valence-electron chi connectivity index (χ1n) is 11.3. The van der Waals surface area contributed by atoms with Crippen molar-refractivity contribution in [1.29, 1.82) is 0 Å². The number of unbranched alkanes of at least 4 members (excludes halogenated alkanes) is 5. The molecule has 0 nitrogen and oxygen atoms in total. The first kappa shape index (κ1) is 23.7. The van der Waals surface area contributed by atoms with Gasteiger partial charge in [0.1, 0.15) is 0 Å². The quantitative estimate of drug-likeness (QED) is 0.195. The Morgan fingerprint density at radius 3 is 1.57 bits per heavy atom. The normalized spacial score (nSPS) is 15.7. The molecule has 3 rings (SSSR count). The monoisotopic (exact) mass is 632 g/mol. The first-order chi connectivity index (χ1) is 13.0. The van der Waals surface area contributed by atoms with Crippen LogP contribution in [0, 0.1) is 0 Å². The molecule has 28 heavy (non-hydrogen) atoms. The summed E-state index contributed by atoms with van der Waals surface area (Å²) in [7, 11) is 0. The molecule has 0 radical (unpaired) electrons. The summed E-state index contributed by atoms with van der Waals surface area (Å²) in [5, 5.41) is 0. The molecule has 1 aliphatic rings. The second kappa shape index (κ2) is 8.86. The summed E-state index contributed by atoms with van der Waals surface area (Å²) in [5.41, 5.74) is 3.67. The average molecular weight is 630 g/mol. The molecule has 0 unspecified atom stereocenters. The van der Waals surface area contributed by atoms with Gasteiger partial charge >= 0.3 is 192 Å². The third kappa shape index (κ3) is 4.75. The molecule has 1 aliphatic carbocycles. The van der Waals surface area contributed by atoms with Crippen molar-refractivity contribution in [3.8, 4) is 9.75 Å². The van der Waals surface area contributed by atoms with E-state index < -0.39 is 36.8 Å². The minimum atomic E-state index is -2.03. The number of hydrogen-bond acceptors (Lipinski definition) is 2. The van der Waals surface area contributed by atoms with E-state index in [4.69, 9.17) is 0 Å². The van der Waals surface area contributed by atoms with Crippen molar-refractivity contribution in [2.24, 2.45) is 0 Å². The van der Waals surface area contributed by atoms with Crippen LogP contribution in [0.5, 0.6) is 0 Å². The van der Waals surface area contributed by atoms with E-state index in [2.05, 4.69) is 78.3 Å². The number of thiophene rings is 2. The molecule has 0 N–H and O–H groups in total. The van der Waals surface area contributed by atoms with Crippen molar-refractivity contribution in [1.82, 2.24) is 0 Å². The van der Waals surface area contributed by atoms with E-state index in [0.29, 0.717) is 0 Å². The molecular formula is C24H40S2Sn2. The van der Waals surface area contributed by atoms with E-state index in [1.807, 2.05) is 0 Å². The van der Waals surface area contributed by atoms with E-state index in [0.717, 1.165) is 0 Å². The summed E-state index contributed by atoms with van der Waals surface area (Å²) >= 11 is 0.295. The van der Waals surface area contributed by atoms with Crippen molar-refractivity contribution in [2.75, 3.05) is 0 Å². The van der Waals surface area contributed by atoms with Crippen molar-refractivity contribution < 1.29 is 0 Å². The Bertz CT molecular complexity index is 757. The van der Waals surface area contributed by atoms with Gasteiger partial charge in [-0.25, -0.2) is 0 Å². The molecule has 0 fully saturated rings. The molecule has 0 bridgehead atoms. The van der Waals surface area contributed by atoms with Gasteiger partial charge in [0, 0.05) is 0 Å². The second-order valence-corrected chi connectivity index (χ2v) is 44.0. The number of rotatable bonds is 9. The molecule has 0 saturated carbocycles. The van der Waals surface area contributed by atoms with E-state index in [1.54, 1.807) is 26.7 Å². The fourth-order valence-corrected chi connectivity index (χ4v) is 17.5. The molecule has 0 spiro atoms. The molecule has 2 aromatic heterocycles. The van der Waals surface area contributed by atoms with E-state index >= 15 is 0 Å². The Morgan fingerprint density at radius 2 is 1.14 bits per heavy atom. The fraction of sp³-hybridized carbons (Fsp3) is 0.667. The maximum atomic E-state index is 2.67. The summed E-state index contributed by atoms with van der Waals surface area (Å²) in [5.74, 6) is 0. The Kier molecular flexibility index (Phi) is 7.48. The average Bonchev–Trinajstić information content (AvgIpc) is 3.24. The molecule has 0 saturated heterocycles. The first-order valence-corrected chi connectivity index (χ1v) is 32.9. The minimum absolute atomic E-state index is 0.271. The van der Waals surface area contributed by atoms with Crippen LogP contribution in [-0.4, -0.2) is 36.8 Å². The molecular weight excluding hydrogens is 590 g/mol. The van der Waals surface area contributed by atoms with Crippen LogP contribution in [0.2, 0.25) is 29.6 Å². The number of hydrogen-bond donors (Lipinski definition) is 0. The van der Waals surface area contributed by atoms with Crippen molar-refractivity contribution in [2.45, 2.75) is 93.8 Å². The SMILES string of the molecule is CCCCCCCCC1(C)c2c[c]([Sn]([CH3])([CH3])[CH3])sc2-c2s[c]([Sn]([CH3])([CH3])[CH3])cc21. The van der Waals surface area contributed by atoms with Gasteiger partial charge in [0.2, 0.25) is 0 Å². The number of fused-ring (bicyclic) bond motifs is 3. The van der Waals surface area contributed by atoms with Crippen molar-refractivity contribution in [3.63, 3.8) is 0 Å². The van der Waals surface area contributed by atoms with Gasteiger partial charge in [-0.1, -0.05) is 0 Å². The zero-order valence-electron chi connectivity index (χ0n) is 19.4. The molecule has 4 heteroatoms. The predicted octanol–water partition coefficient (Wildman–Crippen LogP) is 7.94. The van der Waals surface area contributed by atoms with Gasteiger partial charge < -0.3 is 0 Å². The van der Waals surface area contributed by atoms with Gasteiger partial charge in [-0.15, -0.1) is 0 Å². The molecule has 0 aliphatic heterocycles. The summed E-state index contributed by atoms with van der Waals surface area (Å²) in [6.45, 7) is 4.89. The van der Waals surface area contributed by atoms with Crippen LogP contribution < -0.4 is 5.79 Å². The van der Waals surface area contributed by atoms with E-state index in [9.17, 15) is 0 Å².